The van der Waals surface area contributed by atoms with Crippen molar-refractivity contribution in [3.63, 3.8) is 0 Å². The van der Waals surface area contributed by atoms with Gasteiger partial charge >= 0.3 is 0 Å². The first-order valence-electron chi connectivity index (χ1n) is 7.20. The lowest BCUT2D eigenvalue weighted by Gasteiger charge is -1.96. The molecule has 0 aliphatic heterocycles. The van der Waals surface area contributed by atoms with Crippen molar-refractivity contribution in [1.29, 1.82) is 0 Å². The van der Waals surface area contributed by atoms with Crippen LogP contribution in [0.15, 0.2) is 50.2 Å². The molecule has 0 aliphatic carbocycles. The third-order valence-electron chi connectivity index (χ3n) is 2.35. The highest BCUT2D eigenvalue weighted by molar-refractivity contribution is 5.75. The van der Waals surface area contributed by atoms with Crippen LogP contribution in [0.1, 0.15) is 40.2 Å². The average Bonchev–Trinajstić information content (AvgIpc) is 2.92. The number of rotatable bonds is 4. The normalized spacial score (nSPS) is 11.8. The highest BCUT2D eigenvalue weighted by Crippen LogP contribution is 2.09. The Kier molecular flexibility index (Phi) is 13.6. The monoisotopic (exact) mass is 271 g/mol. The van der Waals surface area contributed by atoms with Gasteiger partial charge in [-0.3, -0.25) is 0 Å². The van der Waals surface area contributed by atoms with Gasteiger partial charge in [-0.25, -0.2) is 0 Å². The molecule has 1 rings (SSSR count). The fourth-order valence-corrected chi connectivity index (χ4v) is 1.62. The molecule has 0 saturated heterocycles. The van der Waals surface area contributed by atoms with Crippen molar-refractivity contribution in [1.82, 2.24) is 4.98 Å². The molecule has 20 heavy (non-hydrogen) atoms. The molecule has 0 aliphatic rings. The minimum atomic E-state index is 1.05. The van der Waals surface area contributed by atoms with Crippen LogP contribution in [0.2, 0.25) is 0 Å². The first-order chi connectivity index (χ1) is 9.78. The molecule has 1 heterocycles. The van der Waals surface area contributed by atoms with Crippen LogP contribution in [0.4, 0.5) is 0 Å². The number of aromatic amines is 1. The Bertz CT molecular complexity index is 539. The van der Waals surface area contributed by atoms with Gasteiger partial charge in [0.15, 0.2) is 0 Å². The van der Waals surface area contributed by atoms with E-state index in [4.69, 9.17) is 0 Å². The maximum absolute atomic E-state index is 3.81. The summed E-state index contributed by atoms with van der Waals surface area (Å²) in [5.41, 5.74) is 2.16. The summed E-state index contributed by atoms with van der Waals surface area (Å²) in [6, 6.07) is 0. The van der Waals surface area contributed by atoms with Crippen molar-refractivity contribution < 1.29 is 0 Å². The molecule has 0 bridgehead atoms. The number of hydrogen-bond acceptors (Lipinski definition) is 0. The Hall–Kier alpha value is -2.02. The Morgan fingerprint density at radius 1 is 1.05 bits per heavy atom. The molecule has 1 heteroatoms. The third-order valence-corrected chi connectivity index (χ3v) is 2.35. The van der Waals surface area contributed by atoms with Gasteiger partial charge in [0.1, 0.15) is 0 Å². The molecule has 0 amide bonds. The zero-order chi connectivity index (χ0) is 16.0. The fraction of sp³-hybridized carbons (Fsp3) is 0.263. The van der Waals surface area contributed by atoms with Gasteiger partial charge in [-0.15, -0.1) is 0 Å². The lowest BCUT2D eigenvalue weighted by Crippen LogP contribution is -2.24. The first-order valence-corrected chi connectivity index (χ1v) is 7.20. The number of hydrogen-bond donors (Lipinski definition) is 1. The van der Waals surface area contributed by atoms with E-state index in [9.17, 15) is 0 Å². The Morgan fingerprint density at radius 3 is 2.05 bits per heavy atom. The standard InChI is InChI=1S/C15H17N.2C2H6/c1-5-9-12(7-3)14-11-16-15(8-4)13(14)10-6-2;2*1-2/h5-11,16H,1-3H2,4H3;2*1-2H3/b12-9+,13-10-,15-8+;;. The molecular formula is C19H29N. The van der Waals surface area contributed by atoms with Crippen molar-refractivity contribution in [2.24, 2.45) is 0 Å². The van der Waals surface area contributed by atoms with Gasteiger partial charge in [0.25, 0.3) is 0 Å². The lowest BCUT2D eigenvalue weighted by atomic mass is 10.1. The van der Waals surface area contributed by atoms with Crippen LogP contribution >= 0.6 is 0 Å². The van der Waals surface area contributed by atoms with Gasteiger partial charge in [0, 0.05) is 22.3 Å². The molecule has 0 spiro atoms. The van der Waals surface area contributed by atoms with Gasteiger partial charge in [-0.1, -0.05) is 83.9 Å². The zero-order valence-electron chi connectivity index (χ0n) is 13.7. The van der Waals surface area contributed by atoms with E-state index in [2.05, 4.69) is 24.7 Å². The highest BCUT2D eigenvalue weighted by atomic mass is 14.7. The van der Waals surface area contributed by atoms with E-state index in [1.807, 2.05) is 65.1 Å². The SMILES string of the molecule is C=C/C=c1/c(/C(C=C)=C/C=C)c[nH]/c1=C/C.CC.CC. The smallest absolute Gasteiger partial charge is 0.0417 e. The molecule has 1 nitrogen and oxygen atoms in total. The molecule has 0 aromatic carbocycles. The largest absolute Gasteiger partial charge is 0.361 e. The fourth-order valence-electron chi connectivity index (χ4n) is 1.62. The van der Waals surface area contributed by atoms with Crippen LogP contribution in [0, 0.1) is 0 Å². The number of allylic oxidation sites excluding steroid dienone is 5. The van der Waals surface area contributed by atoms with Crippen molar-refractivity contribution in [3.8, 4) is 0 Å². The minimum Gasteiger partial charge on any atom is -0.361 e. The molecule has 0 radical (unpaired) electrons. The average molecular weight is 271 g/mol. The topological polar surface area (TPSA) is 15.8 Å². The van der Waals surface area contributed by atoms with Crippen LogP contribution in [-0.2, 0) is 0 Å². The van der Waals surface area contributed by atoms with E-state index in [-0.39, 0.29) is 0 Å². The summed E-state index contributed by atoms with van der Waals surface area (Å²) < 4.78 is 0. The second kappa shape index (κ2) is 13.4. The molecule has 0 fully saturated rings. The van der Waals surface area contributed by atoms with Crippen molar-refractivity contribution in [2.45, 2.75) is 34.6 Å². The molecule has 110 valence electrons. The van der Waals surface area contributed by atoms with E-state index in [0.717, 1.165) is 21.7 Å². The van der Waals surface area contributed by atoms with Gasteiger partial charge < -0.3 is 4.98 Å². The van der Waals surface area contributed by atoms with E-state index in [1.165, 1.54) is 0 Å². The summed E-state index contributed by atoms with van der Waals surface area (Å²) in [5, 5.41) is 2.22. The molecule has 1 aromatic heterocycles. The highest BCUT2D eigenvalue weighted by Gasteiger charge is 2.01. The maximum atomic E-state index is 3.81. The van der Waals surface area contributed by atoms with Gasteiger partial charge in [-0.05, 0) is 12.5 Å². The summed E-state index contributed by atoms with van der Waals surface area (Å²) in [4.78, 5) is 3.22. The Balaban J connectivity index is 0. The lowest BCUT2D eigenvalue weighted by molar-refractivity contribution is 1.31. The molecular weight excluding hydrogens is 242 g/mol. The Morgan fingerprint density at radius 2 is 1.65 bits per heavy atom. The van der Waals surface area contributed by atoms with Crippen molar-refractivity contribution in [2.75, 3.05) is 0 Å². The van der Waals surface area contributed by atoms with Crippen molar-refractivity contribution >= 4 is 17.7 Å². The van der Waals surface area contributed by atoms with Gasteiger partial charge in [0.05, 0.1) is 0 Å². The van der Waals surface area contributed by atoms with Crippen LogP contribution in [-0.4, -0.2) is 4.98 Å². The number of H-pyrrole nitrogens is 1. The Labute approximate surface area is 124 Å². The first kappa shape index (κ1) is 20.3. The molecule has 1 aromatic rings. The predicted octanol–water partition coefficient (Wildman–Crippen LogP) is 4.59. The van der Waals surface area contributed by atoms with E-state index in [1.54, 1.807) is 12.2 Å². The third kappa shape index (κ3) is 5.75. The van der Waals surface area contributed by atoms with Crippen LogP contribution in [0.3, 0.4) is 0 Å². The van der Waals surface area contributed by atoms with Crippen molar-refractivity contribution in [3.05, 3.63) is 66.4 Å². The van der Waals surface area contributed by atoms with E-state index >= 15 is 0 Å². The molecule has 0 unspecified atom stereocenters. The van der Waals surface area contributed by atoms with Crippen LogP contribution < -0.4 is 10.6 Å². The quantitative estimate of drug-likeness (QED) is 0.771. The van der Waals surface area contributed by atoms with Gasteiger partial charge in [0.2, 0.25) is 0 Å². The maximum Gasteiger partial charge on any atom is 0.0417 e. The number of aromatic nitrogens is 1. The summed E-state index contributed by atoms with van der Waals surface area (Å²) in [6.45, 7) is 21.3. The second-order valence-corrected chi connectivity index (χ2v) is 3.28. The summed E-state index contributed by atoms with van der Waals surface area (Å²) in [6.07, 6.45) is 13.3. The summed E-state index contributed by atoms with van der Waals surface area (Å²) in [5.74, 6) is 0. The van der Waals surface area contributed by atoms with Gasteiger partial charge in [-0.2, -0.15) is 0 Å². The van der Waals surface area contributed by atoms with E-state index < -0.39 is 0 Å². The summed E-state index contributed by atoms with van der Waals surface area (Å²) >= 11 is 0. The van der Waals surface area contributed by atoms with Crippen LogP contribution in [0.25, 0.3) is 17.7 Å². The number of nitrogens with one attached hydrogen (secondary N) is 1. The molecule has 1 N–H and O–H groups in total. The summed E-state index contributed by atoms with van der Waals surface area (Å²) in [7, 11) is 0. The zero-order valence-corrected chi connectivity index (χ0v) is 13.7. The predicted molar refractivity (Wildman–Crippen MR) is 95.9 cm³/mol. The minimum absolute atomic E-state index is 1.05. The van der Waals surface area contributed by atoms with E-state index in [0.29, 0.717) is 0 Å². The van der Waals surface area contributed by atoms with Crippen LogP contribution in [0.5, 0.6) is 0 Å². The molecule has 0 atom stereocenters. The second-order valence-electron chi connectivity index (χ2n) is 3.28. The molecule has 0 saturated carbocycles.